The highest BCUT2D eigenvalue weighted by Gasteiger charge is 2.31. The number of rotatable bonds is 5. The lowest BCUT2D eigenvalue weighted by Gasteiger charge is -2.20. The van der Waals surface area contributed by atoms with Gasteiger partial charge in [0.2, 0.25) is 11.8 Å². The van der Waals surface area contributed by atoms with Crippen LogP contribution in [0.4, 0.5) is 18.9 Å². The molecule has 0 aliphatic carbocycles. The topological polar surface area (TPSA) is 76.0 Å². The van der Waals surface area contributed by atoms with Crippen LogP contribution in [0.1, 0.15) is 53.0 Å². The molecule has 0 saturated carbocycles. The lowest BCUT2D eigenvalue weighted by molar-refractivity contribution is -0.137. The first-order chi connectivity index (χ1) is 16.0. The van der Waals surface area contributed by atoms with Gasteiger partial charge < -0.3 is 10.6 Å². The molecule has 0 radical (unpaired) electrons. The lowest BCUT2D eigenvalue weighted by atomic mass is 9.97. The zero-order valence-corrected chi connectivity index (χ0v) is 19.1. The van der Waals surface area contributed by atoms with Gasteiger partial charge in [-0.3, -0.25) is 9.59 Å². The summed E-state index contributed by atoms with van der Waals surface area (Å²) >= 11 is 0. The fraction of sp³-hybridized carbons (Fsp3) is 0.320. The zero-order valence-electron chi connectivity index (χ0n) is 19.1. The van der Waals surface area contributed by atoms with Gasteiger partial charge in [-0.15, -0.1) is 0 Å². The van der Waals surface area contributed by atoms with Crippen molar-refractivity contribution in [1.29, 1.82) is 0 Å². The van der Waals surface area contributed by atoms with Crippen LogP contribution in [0.2, 0.25) is 0 Å². The van der Waals surface area contributed by atoms with Crippen molar-refractivity contribution < 1.29 is 22.8 Å². The molecule has 6 nitrogen and oxygen atoms in total. The minimum Gasteiger partial charge on any atom is -0.349 e. The molecule has 1 atom stereocenters. The van der Waals surface area contributed by atoms with Gasteiger partial charge in [-0.25, -0.2) is 4.68 Å². The average Bonchev–Trinajstić information content (AvgIpc) is 3.06. The molecule has 2 aromatic carbocycles. The van der Waals surface area contributed by atoms with E-state index in [1.54, 1.807) is 19.9 Å². The standard InChI is InChI=1S/C25H25F3N4O2/c1-14(17-7-9-22-18(11-17)8-10-23(33)30-22)29-24(34)13-21-15(2)31-32(16(21)3)20-6-4-5-19(12-20)25(26,27)28/h4-7,9,11-12,14H,8,10,13H2,1-3H3,(H,29,34)(H,30,33). The summed E-state index contributed by atoms with van der Waals surface area (Å²) in [6.45, 7) is 5.36. The van der Waals surface area contributed by atoms with Crippen LogP contribution in [0.5, 0.6) is 0 Å². The fourth-order valence-corrected chi connectivity index (χ4v) is 4.21. The van der Waals surface area contributed by atoms with E-state index in [4.69, 9.17) is 0 Å². The van der Waals surface area contributed by atoms with Crippen LogP contribution >= 0.6 is 0 Å². The van der Waals surface area contributed by atoms with Gasteiger partial charge >= 0.3 is 6.18 Å². The van der Waals surface area contributed by atoms with Crippen molar-refractivity contribution in [2.75, 3.05) is 5.32 Å². The number of anilines is 1. The number of carbonyl (C=O) groups is 2. The van der Waals surface area contributed by atoms with Crippen molar-refractivity contribution in [3.63, 3.8) is 0 Å². The van der Waals surface area contributed by atoms with Gasteiger partial charge in [0.15, 0.2) is 0 Å². The van der Waals surface area contributed by atoms with E-state index in [9.17, 15) is 22.8 Å². The molecule has 34 heavy (non-hydrogen) atoms. The van der Waals surface area contributed by atoms with E-state index in [1.807, 2.05) is 25.1 Å². The van der Waals surface area contributed by atoms with Gasteiger partial charge in [-0.2, -0.15) is 18.3 Å². The van der Waals surface area contributed by atoms with Crippen LogP contribution in [-0.4, -0.2) is 21.6 Å². The van der Waals surface area contributed by atoms with Crippen molar-refractivity contribution in [3.05, 3.63) is 76.1 Å². The highest BCUT2D eigenvalue weighted by molar-refractivity contribution is 5.93. The van der Waals surface area contributed by atoms with E-state index in [0.717, 1.165) is 28.9 Å². The number of carbonyl (C=O) groups excluding carboxylic acids is 2. The van der Waals surface area contributed by atoms with Gasteiger partial charge in [0.1, 0.15) is 0 Å². The Morgan fingerprint density at radius 1 is 1.18 bits per heavy atom. The molecule has 1 unspecified atom stereocenters. The summed E-state index contributed by atoms with van der Waals surface area (Å²) in [6, 6.07) is 10.4. The van der Waals surface area contributed by atoms with Gasteiger partial charge in [0, 0.05) is 23.4 Å². The Balaban J connectivity index is 1.49. The number of halogens is 3. The average molecular weight is 470 g/mol. The molecule has 3 aromatic rings. The van der Waals surface area contributed by atoms with Crippen LogP contribution in [-0.2, 0) is 28.6 Å². The number of nitrogens with one attached hydrogen (secondary N) is 2. The maximum atomic E-state index is 13.1. The third kappa shape index (κ3) is 4.83. The minimum atomic E-state index is -4.45. The molecule has 1 aromatic heterocycles. The molecular weight excluding hydrogens is 445 g/mol. The Morgan fingerprint density at radius 3 is 2.68 bits per heavy atom. The first-order valence-corrected chi connectivity index (χ1v) is 11.0. The third-order valence-corrected chi connectivity index (χ3v) is 6.10. The third-order valence-electron chi connectivity index (χ3n) is 6.10. The number of aryl methyl sites for hydroxylation is 2. The lowest BCUT2D eigenvalue weighted by Crippen LogP contribution is -2.28. The van der Waals surface area contributed by atoms with Gasteiger partial charge in [0.25, 0.3) is 0 Å². The predicted molar refractivity (Wildman–Crippen MR) is 122 cm³/mol. The normalized spacial score (nSPS) is 14.4. The summed E-state index contributed by atoms with van der Waals surface area (Å²) in [5.74, 6) is -0.216. The van der Waals surface area contributed by atoms with Crippen molar-refractivity contribution in [3.8, 4) is 5.69 Å². The molecule has 0 fully saturated rings. The first kappa shape index (κ1) is 23.5. The summed E-state index contributed by atoms with van der Waals surface area (Å²) in [4.78, 5) is 24.4. The van der Waals surface area contributed by atoms with Gasteiger partial charge in [-0.05, 0) is 62.6 Å². The second-order valence-corrected chi connectivity index (χ2v) is 8.54. The fourth-order valence-electron chi connectivity index (χ4n) is 4.21. The van der Waals surface area contributed by atoms with Crippen LogP contribution in [0, 0.1) is 13.8 Å². The number of alkyl halides is 3. The Morgan fingerprint density at radius 2 is 1.94 bits per heavy atom. The van der Waals surface area contributed by atoms with Crippen LogP contribution in [0.15, 0.2) is 42.5 Å². The maximum Gasteiger partial charge on any atom is 0.416 e. The molecule has 2 N–H and O–H groups in total. The first-order valence-electron chi connectivity index (χ1n) is 11.0. The van der Waals surface area contributed by atoms with E-state index in [1.165, 1.54) is 10.7 Å². The Kier molecular flexibility index (Phi) is 6.20. The Hall–Kier alpha value is -3.62. The smallest absolute Gasteiger partial charge is 0.349 e. The van der Waals surface area contributed by atoms with E-state index < -0.39 is 11.7 Å². The molecule has 4 rings (SSSR count). The van der Waals surface area contributed by atoms with E-state index in [0.29, 0.717) is 29.8 Å². The number of aromatic nitrogens is 2. The second kappa shape index (κ2) is 8.96. The monoisotopic (exact) mass is 470 g/mol. The zero-order chi connectivity index (χ0) is 24.6. The molecule has 1 aliphatic heterocycles. The minimum absolute atomic E-state index is 0.00183. The molecule has 2 heterocycles. The van der Waals surface area contributed by atoms with Crippen molar-refractivity contribution in [1.82, 2.24) is 15.1 Å². The number of fused-ring (bicyclic) bond motifs is 1. The molecule has 0 spiro atoms. The molecule has 2 amide bonds. The molecule has 178 valence electrons. The van der Waals surface area contributed by atoms with Gasteiger partial charge in [0.05, 0.1) is 29.4 Å². The molecule has 0 bridgehead atoms. The molecule has 0 saturated heterocycles. The van der Waals surface area contributed by atoms with Crippen LogP contribution in [0.25, 0.3) is 5.69 Å². The number of hydrogen-bond acceptors (Lipinski definition) is 3. The van der Waals surface area contributed by atoms with E-state index in [-0.39, 0.29) is 30.0 Å². The van der Waals surface area contributed by atoms with E-state index >= 15 is 0 Å². The highest BCUT2D eigenvalue weighted by Crippen LogP contribution is 2.31. The number of benzene rings is 2. The van der Waals surface area contributed by atoms with Gasteiger partial charge in [-0.1, -0.05) is 18.2 Å². The van der Waals surface area contributed by atoms with Crippen LogP contribution in [0.3, 0.4) is 0 Å². The molecule has 1 aliphatic rings. The Labute approximate surface area is 195 Å². The summed E-state index contributed by atoms with van der Waals surface area (Å²) in [7, 11) is 0. The molecule has 9 heteroatoms. The predicted octanol–water partition coefficient (Wildman–Crippen LogP) is 4.81. The largest absolute Gasteiger partial charge is 0.416 e. The number of nitrogens with zero attached hydrogens (tertiary/aromatic N) is 2. The second-order valence-electron chi connectivity index (χ2n) is 8.54. The summed E-state index contributed by atoms with van der Waals surface area (Å²) in [6.07, 6.45) is -3.30. The molecular formula is C25H25F3N4O2. The van der Waals surface area contributed by atoms with Crippen molar-refractivity contribution >= 4 is 17.5 Å². The summed E-state index contributed by atoms with van der Waals surface area (Å²) in [5.41, 5.74) is 4.17. The van der Waals surface area contributed by atoms with Crippen molar-refractivity contribution in [2.45, 2.75) is 52.3 Å². The maximum absolute atomic E-state index is 13.1. The number of amides is 2. The van der Waals surface area contributed by atoms with Crippen molar-refractivity contribution in [2.24, 2.45) is 0 Å². The van der Waals surface area contributed by atoms with E-state index in [2.05, 4.69) is 15.7 Å². The summed E-state index contributed by atoms with van der Waals surface area (Å²) < 4.78 is 40.8. The quantitative estimate of drug-likeness (QED) is 0.562. The number of hydrogen-bond donors (Lipinski definition) is 2. The SMILES string of the molecule is Cc1nn(-c2cccc(C(F)(F)F)c2)c(C)c1CC(=O)NC(C)c1ccc2c(c1)CCC(=O)N2. The summed E-state index contributed by atoms with van der Waals surface area (Å²) in [5, 5.41) is 10.2. The Bertz CT molecular complexity index is 1260. The van der Waals surface area contributed by atoms with Crippen LogP contribution < -0.4 is 10.6 Å². The highest BCUT2D eigenvalue weighted by atomic mass is 19.4.